The second kappa shape index (κ2) is 17.1. The molecule has 1 aliphatic rings. The van der Waals surface area contributed by atoms with E-state index < -0.39 is 41.7 Å². The Bertz CT molecular complexity index is 2330. The highest BCUT2D eigenvalue weighted by Gasteiger charge is 2.42. The van der Waals surface area contributed by atoms with Crippen molar-refractivity contribution in [3.05, 3.63) is 136 Å². The molecule has 3 heterocycles. The van der Waals surface area contributed by atoms with Gasteiger partial charge in [0, 0.05) is 6.42 Å². The lowest BCUT2D eigenvalue weighted by atomic mass is 9.80. The van der Waals surface area contributed by atoms with Crippen molar-refractivity contribution in [2.24, 2.45) is 0 Å². The van der Waals surface area contributed by atoms with Crippen LogP contribution in [0.3, 0.4) is 0 Å². The van der Waals surface area contributed by atoms with Crippen LogP contribution >= 0.6 is 0 Å². The molecular formula is C41H40N6O11. The molecule has 1 aliphatic heterocycles. The predicted molar refractivity (Wildman–Crippen MR) is 208 cm³/mol. The molecule has 6 aromatic rings. The monoisotopic (exact) mass is 792 g/mol. The molecule has 1 saturated heterocycles. The van der Waals surface area contributed by atoms with Crippen molar-refractivity contribution < 1.29 is 48.0 Å². The summed E-state index contributed by atoms with van der Waals surface area (Å²) in [5.41, 5.74) is 1.68. The first-order valence-corrected chi connectivity index (χ1v) is 18.0. The summed E-state index contributed by atoms with van der Waals surface area (Å²) >= 11 is 0. The number of methoxy groups -OCH3 is 4. The first-order valence-electron chi connectivity index (χ1n) is 18.0. The molecule has 0 unspecified atom stereocenters. The topological polar surface area (TPSA) is 201 Å². The molecule has 0 spiro atoms. The number of carbonyl (C=O) groups is 1. The van der Waals surface area contributed by atoms with Crippen molar-refractivity contribution in [1.82, 2.24) is 19.5 Å². The lowest BCUT2D eigenvalue weighted by molar-refractivity contribution is -0.385. The molecular weight excluding hydrogens is 752 g/mol. The number of carbonyl (C=O) groups excluding carboxylic acids is 1. The summed E-state index contributed by atoms with van der Waals surface area (Å²) in [5, 5.41) is 25.6. The van der Waals surface area contributed by atoms with Crippen LogP contribution < -0.4 is 24.3 Å². The molecule has 0 aliphatic carbocycles. The molecule has 7 rings (SSSR count). The summed E-state index contributed by atoms with van der Waals surface area (Å²) < 4.78 is 41.7. The number of anilines is 1. The first kappa shape index (κ1) is 39.4. The Morgan fingerprint density at radius 1 is 0.879 bits per heavy atom. The molecule has 1 fully saturated rings. The standard InChI is InChI=1S/C41H40N6O11/c1-52-29-14-10-27(11-15-29)41(26-8-6-5-7-9-26,28-12-16-30(53-2)17-13-28)57-22-35-32(48)20-36(58-35)46-24-44-37-38(42-23-43-39(37)46)45-40(49)56-21-25-18-33(54-3)34(55-4)19-31(25)47(50)51/h5-19,23-24,32,35-36,48H,20-22H2,1-4H3,(H,42,43,45,49)/t32-,35+,36+/m0/s1. The van der Waals surface area contributed by atoms with Gasteiger partial charge in [0.1, 0.15) is 42.4 Å². The van der Waals surface area contributed by atoms with Crippen LogP contribution in [-0.4, -0.2) is 82.9 Å². The number of amides is 1. The first-order chi connectivity index (χ1) is 28.2. The van der Waals surface area contributed by atoms with Crippen LogP contribution in [0.1, 0.15) is 34.9 Å². The highest BCUT2D eigenvalue weighted by molar-refractivity contribution is 5.93. The summed E-state index contributed by atoms with van der Waals surface area (Å²) in [6, 6.07) is 27.6. The van der Waals surface area contributed by atoms with E-state index in [1.165, 1.54) is 39.0 Å². The Kier molecular flexibility index (Phi) is 11.6. The van der Waals surface area contributed by atoms with Gasteiger partial charge in [-0.15, -0.1) is 0 Å². The molecule has 0 radical (unpaired) electrons. The molecule has 300 valence electrons. The third kappa shape index (κ3) is 7.77. The van der Waals surface area contributed by atoms with E-state index in [9.17, 15) is 20.0 Å². The SMILES string of the molecule is COc1ccc(C(OC[C@H]2O[C@@H](n3cnc4c(NC(=O)OCc5cc(OC)c(OC)cc5[N+](=O)[O-])ncnc43)C[C@@H]2O)(c2ccccc2)c2ccc(OC)cc2)cc1. The van der Waals surface area contributed by atoms with Crippen LogP contribution in [0.2, 0.25) is 0 Å². The Morgan fingerprint density at radius 2 is 1.50 bits per heavy atom. The third-order valence-corrected chi connectivity index (χ3v) is 9.87. The van der Waals surface area contributed by atoms with Gasteiger partial charge in [0.25, 0.3) is 5.69 Å². The van der Waals surface area contributed by atoms with Crippen molar-refractivity contribution in [2.75, 3.05) is 40.4 Å². The summed E-state index contributed by atoms with van der Waals surface area (Å²) in [4.78, 5) is 37.0. The second-order valence-corrected chi connectivity index (χ2v) is 13.1. The Balaban J connectivity index is 1.10. The summed E-state index contributed by atoms with van der Waals surface area (Å²) in [6.07, 6.45) is -0.455. The number of hydrogen-bond donors (Lipinski definition) is 2. The number of benzene rings is 4. The maximum Gasteiger partial charge on any atom is 0.413 e. The van der Waals surface area contributed by atoms with E-state index >= 15 is 0 Å². The Hall–Kier alpha value is -6.82. The fourth-order valence-electron chi connectivity index (χ4n) is 6.94. The number of nitrogens with one attached hydrogen (secondary N) is 1. The van der Waals surface area contributed by atoms with Gasteiger partial charge in [0.15, 0.2) is 28.5 Å². The van der Waals surface area contributed by atoms with Gasteiger partial charge in [-0.05, 0) is 47.0 Å². The lowest BCUT2D eigenvalue weighted by Gasteiger charge is -2.37. The molecule has 58 heavy (non-hydrogen) atoms. The number of rotatable bonds is 15. The van der Waals surface area contributed by atoms with Crippen LogP contribution in [-0.2, 0) is 26.4 Å². The van der Waals surface area contributed by atoms with Crippen LogP contribution in [0.4, 0.5) is 16.3 Å². The lowest BCUT2D eigenvalue weighted by Crippen LogP contribution is -2.38. The largest absolute Gasteiger partial charge is 0.497 e. The van der Waals surface area contributed by atoms with E-state index in [0.29, 0.717) is 17.1 Å². The van der Waals surface area contributed by atoms with Crippen LogP contribution in [0, 0.1) is 10.1 Å². The van der Waals surface area contributed by atoms with Crippen molar-refractivity contribution in [3.8, 4) is 23.0 Å². The summed E-state index contributed by atoms with van der Waals surface area (Å²) in [6.45, 7) is -0.464. The number of aliphatic hydroxyl groups is 1. The van der Waals surface area contributed by atoms with Crippen LogP contribution in [0.5, 0.6) is 23.0 Å². The molecule has 2 N–H and O–H groups in total. The van der Waals surface area contributed by atoms with E-state index in [4.69, 9.17) is 33.2 Å². The fraction of sp³-hybridized carbons (Fsp3) is 0.268. The fourth-order valence-corrected chi connectivity index (χ4v) is 6.94. The number of aliphatic hydroxyl groups excluding tert-OH is 1. The maximum atomic E-state index is 12.9. The highest BCUT2D eigenvalue weighted by Crippen LogP contribution is 2.43. The minimum absolute atomic E-state index is 0.0108. The Morgan fingerprint density at radius 3 is 2.10 bits per heavy atom. The number of nitro groups is 1. The van der Waals surface area contributed by atoms with Gasteiger partial charge in [-0.2, -0.15) is 0 Å². The Labute approximate surface area is 332 Å². The normalized spacial score (nSPS) is 16.5. The van der Waals surface area contributed by atoms with Crippen molar-refractivity contribution >= 4 is 28.8 Å². The average molecular weight is 793 g/mol. The van der Waals surface area contributed by atoms with Gasteiger partial charge in [0.2, 0.25) is 0 Å². The van der Waals surface area contributed by atoms with Gasteiger partial charge in [-0.25, -0.2) is 19.7 Å². The number of hydrogen-bond acceptors (Lipinski definition) is 14. The molecule has 17 nitrogen and oxygen atoms in total. The zero-order chi connectivity index (χ0) is 40.8. The van der Waals surface area contributed by atoms with Crippen LogP contribution in [0.15, 0.2) is 104 Å². The van der Waals surface area contributed by atoms with Crippen LogP contribution in [0.25, 0.3) is 11.2 Å². The number of nitrogens with zero attached hydrogens (tertiary/aromatic N) is 5. The zero-order valence-electron chi connectivity index (χ0n) is 31.9. The van der Waals surface area contributed by atoms with Gasteiger partial charge < -0.3 is 38.3 Å². The quantitative estimate of drug-likeness (QED) is 0.0679. The summed E-state index contributed by atoms with van der Waals surface area (Å²) in [7, 11) is 5.96. The second-order valence-electron chi connectivity index (χ2n) is 13.1. The maximum absolute atomic E-state index is 12.9. The van der Waals surface area contributed by atoms with E-state index in [-0.39, 0.29) is 47.1 Å². The molecule has 0 saturated carbocycles. The van der Waals surface area contributed by atoms with Crippen molar-refractivity contribution in [2.45, 2.75) is 37.1 Å². The smallest absolute Gasteiger partial charge is 0.413 e. The minimum Gasteiger partial charge on any atom is -0.497 e. The zero-order valence-corrected chi connectivity index (χ0v) is 31.9. The minimum atomic E-state index is -1.13. The number of fused-ring (bicyclic) bond motifs is 1. The molecule has 2 aromatic heterocycles. The number of ether oxygens (including phenoxy) is 7. The number of nitro benzene ring substituents is 1. The highest BCUT2D eigenvalue weighted by atomic mass is 16.6. The van der Waals surface area contributed by atoms with Gasteiger partial charge in [-0.1, -0.05) is 54.6 Å². The summed E-state index contributed by atoms with van der Waals surface area (Å²) in [5.74, 6) is 1.78. The number of imidazole rings is 1. The van der Waals surface area contributed by atoms with E-state index in [0.717, 1.165) is 16.7 Å². The predicted octanol–water partition coefficient (Wildman–Crippen LogP) is 6.17. The molecule has 0 bridgehead atoms. The van der Waals surface area contributed by atoms with Gasteiger partial charge in [-0.3, -0.25) is 20.0 Å². The van der Waals surface area contributed by atoms with Crippen molar-refractivity contribution in [1.29, 1.82) is 0 Å². The van der Waals surface area contributed by atoms with E-state index in [2.05, 4.69) is 20.3 Å². The molecule has 3 atom stereocenters. The number of aromatic nitrogens is 4. The van der Waals surface area contributed by atoms with Gasteiger partial charge in [0.05, 0.1) is 64.0 Å². The van der Waals surface area contributed by atoms with E-state index in [1.54, 1.807) is 18.8 Å². The van der Waals surface area contributed by atoms with Gasteiger partial charge >= 0.3 is 6.09 Å². The van der Waals surface area contributed by atoms with E-state index in [1.807, 2.05) is 78.9 Å². The average Bonchev–Trinajstić information content (AvgIpc) is 3.87. The molecule has 17 heteroatoms. The third-order valence-electron chi connectivity index (χ3n) is 9.87. The van der Waals surface area contributed by atoms with Crippen molar-refractivity contribution in [3.63, 3.8) is 0 Å². The molecule has 4 aromatic carbocycles. The molecule has 1 amide bonds.